The molecule has 66 heavy (non-hydrogen) atoms. The first kappa shape index (κ1) is 49.7. The fourth-order valence-corrected chi connectivity index (χ4v) is 9.37. The molecule has 0 aliphatic carbocycles. The van der Waals surface area contributed by atoms with Gasteiger partial charge < -0.3 is 49.8 Å². The molecule has 3 aliphatic heterocycles. The van der Waals surface area contributed by atoms with Crippen LogP contribution in [0.3, 0.4) is 0 Å². The lowest BCUT2D eigenvalue weighted by atomic mass is 9.90. The number of rotatable bonds is 12. The molecule has 16 nitrogen and oxygen atoms in total. The number of aromatic amines is 2. The lowest BCUT2D eigenvalue weighted by Gasteiger charge is -2.36. The number of carbonyl (C=O) groups is 4. The lowest BCUT2D eigenvalue weighted by Crippen LogP contribution is -2.54. The number of halogens is 1. The summed E-state index contributed by atoms with van der Waals surface area (Å²) in [6, 6.07) is 17.8. The van der Waals surface area contributed by atoms with Crippen molar-refractivity contribution in [2.75, 3.05) is 47.2 Å². The fraction of sp³-hybridized carbons (Fsp3) is 0.510. The van der Waals surface area contributed by atoms with Crippen LogP contribution in [0.25, 0.3) is 44.2 Å². The van der Waals surface area contributed by atoms with Crippen LogP contribution < -0.4 is 11.1 Å². The van der Waals surface area contributed by atoms with Crippen molar-refractivity contribution in [3.8, 4) is 22.4 Å². The first-order valence-electron chi connectivity index (χ1n) is 23.2. The van der Waals surface area contributed by atoms with E-state index in [0.29, 0.717) is 68.2 Å². The predicted octanol–water partition coefficient (Wildman–Crippen LogP) is 8.92. The number of nitrogens with two attached hydrogens (primary N) is 1. The van der Waals surface area contributed by atoms with Crippen molar-refractivity contribution < 1.29 is 38.1 Å². The molecule has 5 N–H and O–H groups in total. The molecule has 3 unspecified atom stereocenters. The Morgan fingerprint density at radius 2 is 1.53 bits per heavy atom. The third kappa shape index (κ3) is 12.0. The maximum atomic E-state index is 14.3. The molecule has 0 spiro atoms. The number of benzene rings is 3. The van der Waals surface area contributed by atoms with Crippen molar-refractivity contribution in [2.24, 2.45) is 17.6 Å². The van der Waals surface area contributed by atoms with E-state index < -0.39 is 18.2 Å². The van der Waals surface area contributed by atoms with Crippen molar-refractivity contribution in [1.82, 2.24) is 35.1 Å². The first-order chi connectivity index (χ1) is 32.0. The highest BCUT2D eigenvalue weighted by atomic mass is 35.5. The average Bonchev–Trinajstić information content (AvgIpc) is 4.07. The van der Waals surface area contributed by atoms with Gasteiger partial charge in [-0.15, -0.1) is 0 Å². The highest BCUT2D eigenvalue weighted by Crippen LogP contribution is 2.39. The number of aromatic nitrogens is 4. The molecule has 356 valence electrons. The van der Waals surface area contributed by atoms with E-state index in [4.69, 9.17) is 35.8 Å². The van der Waals surface area contributed by atoms with Gasteiger partial charge in [-0.1, -0.05) is 74.8 Å². The van der Waals surface area contributed by atoms with E-state index >= 15 is 0 Å². The Bertz CT molecular complexity index is 2410. The summed E-state index contributed by atoms with van der Waals surface area (Å²) in [5, 5.41) is 5.37. The van der Waals surface area contributed by atoms with E-state index in [2.05, 4.69) is 76.0 Å². The van der Waals surface area contributed by atoms with Crippen LogP contribution in [-0.4, -0.2) is 113 Å². The predicted molar refractivity (Wildman–Crippen MR) is 255 cm³/mol. The number of fused-ring (bicyclic) bond motifs is 3. The van der Waals surface area contributed by atoms with Crippen molar-refractivity contribution in [2.45, 2.75) is 104 Å². The fourth-order valence-electron chi connectivity index (χ4n) is 9.11. The Balaban J connectivity index is 0.000000965. The van der Waals surface area contributed by atoms with Crippen LogP contribution in [0.1, 0.15) is 96.8 Å². The first-order valence-corrected chi connectivity index (χ1v) is 23.6. The maximum absolute atomic E-state index is 14.3. The highest BCUT2D eigenvalue weighted by Gasteiger charge is 2.43. The minimum absolute atomic E-state index is 0.0154. The Kier molecular flexibility index (Phi) is 17.8. The molecule has 0 radical (unpaired) electrons. The van der Waals surface area contributed by atoms with Gasteiger partial charge in [-0.3, -0.25) is 9.59 Å². The molecule has 3 saturated heterocycles. The topological polar surface area (TPSA) is 207 Å². The van der Waals surface area contributed by atoms with Crippen molar-refractivity contribution in [3.63, 3.8) is 0 Å². The number of H-pyrrole nitrogens is 2. The van der Waals surface area contributed by atoms with Crippen LogP contribution in [0.5, 0.6) is 0 Å². The molecule has 0 bridgehead atoms. The SMILES string of the molecule is CC.CCCN(Cc1nc(-c2ccc(-c3ccc4c(ccc5[nH]c(C6CCC(C)N6C(=O)C(NC(=O)OC)C6CCOCC6)nc54)c3)cc2)c(Cl)[nH]1)C(=O)CC1CCOCC1.COC(N)=O. The second-order valence-electron chi connectivity index (χ2n) is 16.8. The number of alkyl carbamates (subject to hydrolysis) is 1. The van der Waals surface area contributed by atoms with Crippen molar-refractivity contribution in [1.29, 1.82) is 0 Å². The van der Waals surface area contributed by atoms with E-state index in [0.717, 1.165) is 89.6 Å². The number of nitrogens with zero attached hydrogens (tertiary/aromatic N) is 4. The van der Waals surface area contributed by atoms with Crippen LogP contribution in [-0.2, 0) is 35.1 Å². The number of likely N-dealkylation sites (tertiary alicyclic amines) is 1. The zero-order chi connectivity index (χ0) is 47.3. The molecule has 3 aromatic carbocycles. The molecule has 5 aromatic rings. The highest BCUT2D eigenvalue weighted by molar-refractivity contribution is 6.31. The summed E-state index contributed by atoms with van der Waals surface area (Å²) in [7, 11) is 2.54. The largest absolute Gasteiger partial charge is 0.453 e. The Hall–Kier alpha value is -5.71. The van der Waals surface area contributed by atoms with E-state index in [9.17, 15) is 19.2 Å². The average molecular weight is 930 g/mol. The number of nitrogens with one attached hydrogen (secondary N) is 3. The van der Waals surface area contributed by atoms with Gasteiger partial charge in [0, 0.05) is 56.4 Å². The number of hydrogen-bond donors (Lipinski definition) is 4. The van der Waals surface area contributed by atoms with Gasteiger partial charge in [0.05, 0.1) is 37.8 Å². The van der Waals surface area contributed by atoms with Gasteiger partial charge in [0.25, 0.3) is 0 Å². The van der Waals surface area contributed by atoms with Gasteiger partial charge in [0.1, 0.15) is 28.5 Å². The molecule has 3 fully saturated rings. The monoisotopic (exact) mass is 928 g/mol. The number of imidazole rings is 2. The number of primary amides is 1. The number of ether oxygens (including phenoxy) is 4. The Labute approximate surface area is 391 Å². The standard InChI is InChI=1S/C45H54ClN7O6.C2H5NO2.C2H6/c1-4-19-52(38(54)24-28-15-20-58-21-16-28)26-37-48-39(42(46)49-37)30-8-6-29(7-9-30)32-10-12-34-33(25-32)11-13-35-41(34)50-43(47-35)36-14-5-27(2)53(36)44(55)40(51-45(56)57-3)31-17-22-59-23-18-31;1-5-2(3)4;1-2/h6-13,25,27-28,31,36,40H,4-5,14-24,26H2,1-3H3,(H,47,50)(H,48,49)(H,51,56);1H3,(H2,3,4);1-2H3. The molecule has 3 atom stereocenters. The summed E-state index contributed by atoms with van der Waals surface area (Å²) in [4.78, 5) is 69.8. The third-order valence-corrected chi connectivity index (χ3v) is 12.9. The summed E-state index contributed by atoms with van der Waals surface area (Å²) in [6.07, 6.45) is 4.87. The molecule has 5 heterocycles. The zero-order valence-electron chi connectivity index (χ0n) is 39.0. The van der Waals surface area contributed by atoms with Crippen LogP contribution in [0.4, 0.5) is 9.59 Å². The lowest BCUT2D eigenvalue weighted by molar-refractivity contribution is -0.138. The summed E-state index contributed by atoms with van der Waals surface area (Å²) in [6.45, 7) is 11.8. The molecule has 3 aliphatic rings. The van der Waals surface area contributed by atoms with Gasteiger partial charge in [-0.2, -0.15) is 0 Å². The summed E-state index contributed by atoms with van der Waals surface area (Å²) < 4.78 is 19.8. The number of amides is 4. The molecule has 8 rings (SSSR count). The summed E-state index contributed by atoms with van der Waals surface area (Å²) >= 11 is 6.70. The second kappa shape index (κ2) is 23.7. The van der Waals surface area contributed by atoms with Crippen molar-refractivity contribution >= 4 is 57.4 Å². The quantitative estimate of drug-likeness (QED) is 0.0934. The zero-order valence-corrected chi connectivity index (χ0v) is 39.7. The van der Waals surface area contributed by atoms with Crippen LogP contribution >= 0.6 is 11.6 Å². The van der Waals surface area contributed by atoms with E-state index in [-0.39, 0.29) is 29.8 Å². The van der Waals surface area contributed by atoms with E-state index in [1.807, 2.05) is 41.8 Å². The minimum Gasteiger partial charge on any atom is -0.453 e. The van der Waals surface area contributed by atoms with Crippen molar-refractivity contribution in [3.05, 3.63) is 71.4 Å². The maximum Gasteiger partial charge on any atom is 0.407 e. The van der Waals surface area contributed by atoms with Gasteiger partial charge in [-0.05, 0) is 92.4 Å². The van der Waals surface area contributed by atoms with E-state index in [1.54, 1.807) is 0 Å². The molecule has 0 saturated carbocycles. The molecular formula is C49H65ClN8O8. The Morgan fingerprint density at radius 3 is 2.18 bits per heavy atom. The molecular weight excluding hydrogens is 864 g/mol. The van der Waals surface area contributed by atoms with Gasteiger partial charge in [0.2, 0.25) is 11.8 Å². The van der Waals surface area contributed by atoms with Crippen LogP contribution in [0.2, 0.25) is 5.15 Å². The minimum atomic E-state index is -0.745. The summed E-state index contributed by atoms with van der Waals surface area (Å²) in [5.74, 6) is 1.77. The van der Waals surface area contributed by atoms with Gasteiger partial charge in [-0.25, -0.2) is 19.6 Å². The molecule has 4 amide bonds. The van der Waals surface area contributed by atoms with E-state index in [1.165, 1.54) is 14.2 Å². The number of methoxy groups -OCH3 is 2. The second-order valence-corrected chi connectivity index (χ2v) is 17.2. The smallest absolute Gasteiger partial charge is 0.407 e. The van der Waals surface area contributed by atoms with Gasteiger partial charge in [0.15, 0.2) is 0 Å². The summed E-state index contributed by atoms with van der Waals surface area (Å²) in [5.41, 5.74) is 9.84. The third-order valence-electron chi connectivity index (χ3n) is 12.6. The molecule has 17 heteroatoms. The number of carbonyl (C=O) groups excluding carboxylic acids is 4. The van der Waals surface area contributed by atoms with Crippen LogP contribution in [0.15, 0.2) is 54.6 Å². The van der Waals surface area contributed by atoms with Crippen LogP contribution in [0, 0.1) is 11.8 Å². The molecule has 2 aromatic heterocycles. The number of hydrogen-bond acceptors (Lipinski definition) is 10. The Morgan fingerprint density at radius 1 is 0.879 bits per heavy atom. The normalized spacial score (nSPS) is 18.1. The van der Waals surface area contributed by atoms with Gasteiger partial charge >= 0.3 is 12.2 Å².